The fourth-order valence-corrected chi connectivity index (χ4v) is 1.60. The SMILES string of the molecule is CC(C)NCc1ccc(N(C)CC(F)F)c(F)c1. The second kappa shape index (κ2) is 6.64. The molecule has 0 spiro atoms. The Bertz CT molecular complexity index is 380. The molecular formula is C13H19F3N2. The van der Waals surface area contributed by atoms with Crippen molar-refractivity contribution in [1.82, 2.24) is 5.32 Å². The van der Waals surface area contributed by atoms with E-state index in [-0.39, 0.29) is 5.69 Å². The summed E-state index contributed by atoms with van der Waals surface area (Å²) in [6, 6.07) is 4.98. The van der Waals surface area contributed by atoms with Crippen LogP contribution >= 0.6 is 0 Å². The van der Waals surface area contributed by atoms with Crippen molar-refractivity contribution < 1.29 is 13.2 Å². The van der Waals surface area contributed by atoms with E-state index in [1.54, 1.807) is 6.07 Å². The summed E-state index contributed by atoms with van der Waals surface area (Å²) in [5.74, 6) is -0.471. The summed E-state index contributed by atoms with van der Waals surface area (Å²) in [5, 5.41) is 3.17. The Morgan fingerprint density at radius 2 is 1.94 bits per heavy atom. The predicted molar refractivity (Wildman–Crippen MR) is 67.6 cm³/mol. The van der Waals surface area contributed by atoms with Crippen molar-refractivity contribution in [2.45, 2.75) is 32.9 Å². The zero-order valence-corrected chi connectivity index (χ0v) is 10.9. The van der Waals surface area contributed by atoms with Gasteiger partial charge in [-0.2, -0.15) is 0 Å². The molecule has 18 heavy (non-hydrogen) atoms. The van der Waals surface area contributed by atoms with E-state index < -0.39 is 18.8 Å². The van der Waals surface area contributed by atoms with Gasteiger partial charge in [-0.15, -0.1) is 0 Å². The van der Waals surface area contributed by atoms with Gasteiger partial charge in [0, 0.05) is 19.6 Å². The number of benzene rings is 1. The molecule has 0 aromatic heterocycles. The average Bonchev–Trinajstić information content (AvgIpc) is 2.25. The highest BCUT2D eigenvalue weighted by atomic mass is 19.3. The number of alkyl halides is 2. The molecule has 0 saturated heterocycles. The molecule has 0 unspecified atom stereocenters. The minimum Gasteiger partial charge on any atom is -0.367 e. The lowest BCUT2D eigenvalue weighted by Crippen LogP contribution is -2.25. The first-order valence-electron chi connectivity index (χ1n) is 5.91. The summed E-state index contributed by atoms with van der Waals surface area (Å²) in [7, 11) is 1.45. The molecule has 102 valence electrons. The fraction of sp³-hybridized carbons (Fsp3) is 0.538. The molecule has 0 aliphatic heterocycles. The molecule has 1 aromatic carbocycles. The van der Waals surface area contributed by atoms with E-state index in [2.05, 4.69) is 5.32 Å². The third-order valence-corrected chi connectivity index (χ3v) is 2.55. The maximum Gasteiger partial charge on any atom is 0.255 e. The van der Waals surface area contributed by atoms with E-state index in [1.807, 2.05) is 13.8 Å². The van der Waals surface area contributed by atoms with Crippen LogP contribution in [0.1, 0.15) is 19.4 Å². The second-order valence-electron chi connectivity index (χ2n) is 4.59. The highest BCUT2D eigenvalue weighted by molar-refractivity contribution is 5.48. The molecule has 0 radical (unpaired) electrons. The van der Waals surface area contributed by atoms with Gasteiger partial charge in [-0.1, -0.05) is 19.9 Å². The molecule has 0 fully saturated rings. The smallest absolute Gasteiger partial charge is 0.255 e. The van der Waals surface area contributed by atoms with Gasteiger partial charge >= 0.3 is 0 Å². The van der Waals surface area contributed by atoms with Crippen LogP contribution in [0.4, 0.5) is 18.9 Å². The quantitative estimate of drug-likeness (QED) is 0.845. The van der Waals surface area contributed by atoms with Gasteiger partial charge in [0.15, 0.2) is 0 Å². The standard InChI is InChI=1S/C13H19F3N2/c1-9(2)17-7-10-4-5-12(11(14)6-10)18(3)8-13(15)16/h4-6,9,13,17H,7-8H2,1-3H3. The first-order chi connectivity index (χ1) is 8.40. The lowest BCUT2D eigenvalue weighted by Gasteiger charge is -2.20. The van der Waals surface area contributed by atoms with E-state index in [1.165, 1.54) is 24.1 Å². The Morgan fingerprint density at radius 3 is 2.44 bits per heavy atom. The number of nitrogens with one attached hydrogen (secondary N) is 1. The van der Waals surface area contributed by atoms with Gasteiger partial charge in [-0.25, -0.2) is 13.2 Å². The Morgan fingerprint density at radius 1 is 1.28 bits per heavy atom. The Kier molecular flexibility index (Phi) is 5.47. The minimum absolute atomic E-state index is 0.198. The number of anilines is 1. The minimum atomic E-state index is -2.48. The third-order valence-electron chi connectivity index (χ3n) is 2.55. The Hall–Kier alpha value is -1.23. The van der Waals surface area contributed by atoms with E-state index in [0.29, 0.717) is 12.6 Å². The zero-order valence-electron chi connectivity index (χ0n) is 10.9. The lowest BCUT2D eigenvalue weighted by atomic mass is 10.1. The molecular weight excluding hydrogens is 241 g/mol. The van der Waals surface area contributed by atoms with Crippen molar-refractivity contribution in [1.29, 1.82) is 0 Å². The Labute approximate surface area is 106 Å². The summed E-state index contributed by atoms with van der Waals surface area (Å²) >= 11 is 0. The van der Waals surface area contributed by atoms with Crippen molar-refractivity contribution in [2.24, 2.45) is 0 Å². The molecule has 0 saturated carbocycles. The van der Waals surface area contributed by atoms with E-state index in [0.717, 1.165) is 5.56 Å². The second-order valence-corrected chi connectivity index (χ2v) is 4.59. The Balaban J connectivity index is 2.73. The molecule has 5 heteroatoms. The van der Waals surface area contributed by atoms with E-state index in [4.69, 9.17) is 0 Å². The van der Waals surface area contributed by atoms with Gasteiger partial charge in [-0.3, -0.25) is 0 Å². The maximum atomic E-state index is 13.8. The molecule has 1 rings (SSSR count). The van der Waals surface area contributed by atoms with Crippen molar-refractivity contribution in [3.8, 4) is 0 Å². The van der Waals surface area contributed by atoms with Gasteiger partial charge in [0.05, 0.1) is 12.2 Å². The number of rotatable bonds is 6. The number of hydrogen-bond acceptors (Lipinski definition) is 2. The molecule has 0 heterocycles. The highest BCUT2D eigenvalue weighted by Crippen LogP contribution is 2.20. The molecule has 0 aliphatic rings. The van der Waals surface area contributed by atoms with Crippen LogP contribution in [-0.4, -0.2) is 26.1 Å². The summed E-state index contributed by atoms with van der Waals surface area (Å²) in [6.07, 6.45) is -2.48. The molecule has 0 atom stereocenters. The van der Waals surface area contributed by atoms with Gasteiger partial charge in [-0.05, 0) is 17.7 Å². The molecule has 2 nitrogen and oxygen atoms in total. The molecule has 1 aromatic rings. The van der Waals surface area contributed by atoms with Crippen LogP contribution in [-0.2, 0) is 6.54 Å². The summed E-state index contributed by atoms with van der Waals surface area (Å²) in [5.41, 5.74) is 0.999. The lowest BCUT2D eigenvalue weighted by molar-refractivity contribution is 0.156. The van der Waals surface area contributed by atoms with Crippen LogP contribution in [0.25, 0.3) is 0 Å². The van der Waals surface area contributed by atoms with Crippen molar-refractivity contribution in [3.05, 3.63) is 29.6 Å². The van der Waals surface area contributed by atoms with Crippen LogP contribution in [0.2, 0.25) is 0 Å². The topological polar surface area (TPSA) is 15.3 Å². The van der Waals surface area contributed by atoms with Gasteiger partial charge < -0.3 is 10.2 Å². The third kappa shape index (κ3) is 4.56. The van der Waals surface area contributed by atoms with Crippen LogP contribution < -0.4 is 10.2 Å². The monoisotopic (exact) mass is 260 g/mol. The van der Waals surface area contributed by atoms with Crippen molar-refractivity contribution >= 4 is 5.69 Å². The van der Waals surface area contributed by atoms with Gasteiger partial charge in [0.2, 0.25) is 0 Å². The van der Waals surface area contributed by atoms with E-state index >= 15 is 0 Å². The van der Waals surface area contributed by atoms with Crippen LogP contribution in [0.3, 0.4) is 0 Å². The first kappa shape index (κ1) is 14.8. The number of nitrogens with zero attached hydrogens (tertiary/aromatic N) is 1. The average molecular weight is 260 g/mol. The fourth-order valence-electron chi connectivity index (χ4n) is 1.60. The highest BCUT2D eigenvalue weighted by Gasteiger charge is 2.12. The molecule has 0 aliphatic carbocycles. The van der Waals surface area contributed by atoms with Crippen molar-refractivity contribution in [3.63, 3.8) is 0 Å². The summed E-state index contributed by atoms with van der Waals surface area (Å²) < 4.78 is 38.2. The summed E-state index contributed by atoms with van der Waals surface area (Å²) in [6.45, 7) is 4.09. The van der Waals surface area contributed by atoms with Crippen LogP contribution in [0.5, 0.6) is 0 Å². The summed E-state index contributed by atoms with van der Waals surface area (Å²) in [4.78, 5) is 1.22. The number of hydrogen-bond donors (Lipinski definition) is 1. The largest absolute Gasteiger partial charge is 0.367 e. The van der Waals surface area contributed by atoms with Crippen LogP contribution in [0.15, 0.2) is 18.2 Å². The number of halogens is 3. The zero-order chi connectivity index (χ0) is 13.7. The first-order valence-corrected chi connectivity index (χ1v) is 5.91. The van der Waals surface area contributed by atoms with Gasteiger partial charge in [0.1, 0.15) is 5.82 Å². The maximum absolute atomic E-state index is 13.8. The van der Waals surface area contributed by atoms with Crippen molar-refractivity contribution in [2.75, 3.05) is 18.5 Å². The van der Waals surface area contributed by atoms with Crippen LogP contribution in [0, 0.1) is 5.82 Å². The normalized spacial score (nSPS) is 11.3. The molecule has 0 bridgehead atoms. The molecule has 0 amide bonds. The van der Waals surface area contributed by atoms with Gasteiger partial charge in [0.25, 0.3) is 6.43 Å². The molecule has 1 N–H and O–H groups in total. The predicted octanol–water partition coefficient (Wildman–Crippen LogP) is 3.03. The van der Waals surface area contributed by atoms with E-state index in [9.17, 15) is 13.2 Å².